The zero-order chi connectivity index (χ0) is 30.9. The van der Waals surface area contributed by atoms with E-state index < -0.39 is 28.5 Å². The summed E-state index contributed by atoms with van der Waals surface area (Å²) in [6, 6.07) is 18.0. The lowest BCUT2D eigenvalue weighted by Crippen LogP contribution is -2.52. The van der Waals surface area contributed by atoms with E-state index in [1.807, 2.05) is 52.0 Å². The van der Waals surface area contributed by atoms with Crippen molar-refractivity contribution < 1.29 is 27.5 Å². The predicted molar refractivity (Wildman–Crippen MR) is 164 cm³/mol. The Labute approximate surface area is 249 Å². The van der Waals surface area contributed by atoms with Crippen LogP contribution in [-0.2, 0) is 26.2 Å². The SMILES string of the molecule is CCCNC(=O)C(CC)N(Cc1cccc(C)c1)C(=O)CN(c1cc(OC)ccc1OC)S(=O)(=O)c1ccc(C)cc1. The maximum Gasteiger partial charge on any atom is 0.264 e. The number of hydrogen-bond acceptors (Lipinski definition) is 6. The van der Waals surface area contributed by atoms with Gasteiger partial charge in [-0.1, -0.05) is 61.4 Å². The van der Waals surface area contributed by atoms with Gasteiger partial charge >= 0.3 is 0 Å². The Morgan fingerprint density at radius 2 is 1.62 bits per heavy atom. The zero-order valence-electron chi connectivity index (χ0n) is 25.2. The number of carbonyl (C=O) groups is 2. The molecule has 2 amide bonds. The van der Waals surface area contributed by atoms with E-state index in [1.54, 1.807) is 24.3 Å². The van der Waals surface area contributed by atoms with Gasteiger partial charge in [-0.05, 0) is 56.5 Å². The normalized spacial score (nSPS) is 11.9. The number of hydrogen-bond donors (Lipinski definition) is 1. The summed E-state index contributed by atoms with van der Waals surface area (Å²) in [5.74, 6) is -0.176. The Kier molecular flexibility index (Phi) is 11.4. The lowest BCUT2D eigenvalue weighted by Gasteiger charge is -2.33. The highest BCUT2D eigenvalue weighted by atomic mass is 32.2. The second-order valence-corrected chi connectivity index (χ2v) is 12.0. The molecule has 3 rings (SSSR count). The van der Waals surface area contributed by atoms with E-state index in [1.165, 1.54) is 37.3 Å². The van der Waals surface area contributed by atoms with Crippen molar-refractivity contribution in [3.05, 3.63) is 83.4 Å². The number of nitrogens with zero attached hydrogens (tertiary/aromatic N) is 2. The molecule has 1 unspecified atom stereocenters. The van der Waals surface area contributed by atoms with Crippen LogP contribution in [-0.4, -0.2) is 58.5 Å². The highest BCUT2D eigenvalue weighted by Gasteiger charge is 2.35. The Bertz CT molecular complexity index is 1470. The second kappa shape index (κ2) is 14.7. The van der Waals surface area contributed by atoms with Crippen molar-refractivity contribution in [2.75, 3.05) is 31.6 Å². The molecule has 10 heteroatoms. The van der Waals surface area contributed by atoms with Gasteiger partial charge in [-0.15, -0.1) is 0 Å². The number of methoxy groups -OCH3 is 2. The highest BCUT2D eigenvalue weighted by Crippen LogP contribution is 2.36. The molecule has 0 aliphatic heterocycles. The van der Waals surface area contributed by atoms with Gasteiger partial charge in [0.15, 0.2) is 0 Å². The van der Waals surface area contributed by atoms with Gasteiger partial charge in [-0.25, -0.2) is 8.42 Å². The van der Waals surface area contributed by atoms with Crippen molar-refractivity contribution in [1.29, 1.82) is 0 Å². The Morgan fingerprint density at radius 3 is 2.21 bits per heavy atom. The number of benzene rings is 3. The number of amides is 2. The summed E-state index contributed by atoms with van der Waals surface area (Å²) >= 11 is 0. The maximum atomic E-state index is 14.2. The molecule has 0 heterocycles. The molecule has 0 aromatic heterocycles. The number of anilines is 1. The van der Waals surface area contributed by atoms with Crippen LogP contribution in [0, 0.1) is 13.8 Å². The summed E-state index contributed by atoms with van der Waals surface area (Å²) in [5.41, 5.74) is 2.87. The van der Waals surface area contributed by atoms with Crippen molar-refractivity contribution in [2.24, 2.45) is 0 Å². The Balaban J connectivity index is 2.14. The molecule has 1 N–H and O–H groups in total. The molecule has 0 fully saturated rings. The van der Waals surface area contributed by atoms with E-state index in [4.69, 9.17) is 9.47 Å². The zero-order valence-corrected chi connectivity index (χ0v) is 26.0. The Morgan fingerprint density at radius 1 is 0.905 bits per heavy atom. The van der Waals surface area contributed by atoms with Crippen LogP contribution in [0.1, 0.15) is 43.4 Å². The van der Waals surface area contributed by atoms with Gasteiger partial charge in [0.05, 0.1) is 24.8 Å². The molecule has 3 aromatic carbocycles. The third kappa shape index (κ3) is 7.82. The van der Waals surface area contributed by atoms with Gasteiger partial charge in [0.25, 0.3) is 10.0 Å². The fourth-order valence-corrected chi connectivity index (χ4v) is 6.05. The van der Waals surface area contributed by atoms with Crippen molar-refractivity contribution in [2.45, 2.75) is 58.0 Å². The molecular weight excluding hydrogens is 554 g/mol. The minimum absolute atomic E-state index is 0.0173. The van der Waals surface area contributed by atoms with Crippen LogP contribution in [0.25, 0.3) is 0 Å². The number of sulfonamides is 1. The van der Waals surface area contributed by atoms with E-state index in [-0.39, 0.29) is 28.8 Å². The standard InChI is InChI=1S/C32H41N3O6S/c1-7-18-33-32(37)28(8-2)34(21-25-11-9-10-24(4)19-25)31(36)22-35(29-20-26(40-5)14-17-30(29)41-6)42(38,39)27-15-12-23(3)13-16-27/h9-17,19-20,28H,7-8,18,21-22H2,1-6H3,(H,33,37). The van der Waals surface area contributed by atoms with Crippen molar-refractivity contribution in [1.82, 2.24) is 10.2 Å². The van der Waals surface area contributed by atoms with Gasteiger partial charge in [-0.2, -0.15) is 0 Å². The van der Waals surface area contributed by atoms with Crippen LogP contribution in [0.4, 0.5) is 5.69 Å². The maximum absolute atomic E-state index is 14.2. The number of carbonyl (C=O) groups excluding carboxylic acids is 2. The van der Waals surface area contributed by atoms with E-state index in [2.05, 4.69) is 5.32 Å². The molecule has 42 heavy (non-hydrogen) atoms. The van der Waals surface area contributed by atoms with Crippen LogP contribution in [0.5, 0.6) is 11.5 Å². The van der Waals surface area contributed by atoms with Crippen LogP contribution in [0.2, 0.25) is 0 Å². The first-order valence-corrected chi connectivity index (χ1v) is 15.4. The predicted octanol–water partition coefficient (Wildman–Crippen LogP) is 4.85. The van der Waals surface area contributed by atoms with E-state index in [9.17, 15) is 18.0 Å². The van der Waals surface area contributed by atoms with E-state index >= 15 is 0 Å². The average Bonchev–Trinajstić information content (AvgIpc) is 2.98. The fraction of sp³-hybridized carbons (Fsp3) is 0.375. The summed E-state index contributed by atoms with van der Waals surface area (Å²) in [5, 5.41) is 2.89. The topological polar surface area (TPSA) is 105 Å². The van der Waals surface area contributed by atoms with Gasteiger partial charge in [-0.3, -0.25) is 13.9 Å². The summed E-state index contributed by atoms with van der Waals surface area (Å²) in [7, 11) is -1.35. The molecule has 0 spiro atoms. The molecule has 0 radical (unpaired) electrons. The smallest absolute Gasteiger partial charge is 0.264 e. The summed E-state index contributed by atoms with van der Waals surface area (Å²) < 4.78 is 40.3. The summed E-state index contributed by atoms with van der Waals surface area (Å²) in [4.78, 5) is 29.0. The molecule has 0 saturated carbocycles. The molecule has 226 valence electrons. The highest BCUT2D eigenvalue weighted by molar-refractivity contribution is 7.92. The molecule has 9 nitrogen and oxygen atoms in total. The van der Waals surface area contributed by atoms with Crippen LogP contribution >= 0.6 is 0 Å². The average molecular weight is 596 g/mol. The molecular formula is C32H41N3O6S. The van der Waals surface area contributed by atoms with Crippen LogP contribution in [0.15, 0.2) is 71.6 Å². The number of ether oxygens (including phenoxy) is 2. The van der Waals surface area contributed by atoms with E-state index in [0.29, 0.717) is 18.7 Å². The van der Waals surface area contributed by atoms with Crippen molar-refractivity contribution in [3.8, 4) is 11.5 Å². The first kappa shape index (κ1) is 32.5. The first-order valence-electron chi connectivity index (χ1n) is 14.0. The van der Waals surface area contributed by atoms with Gasteiger partial charge in [0.2, 0.25) is 11.8 Å². The molecule has 0 aliphatic carbocycles. The third-order valence-electron chi connectivity index (χ3n) is 6.91. The van der Waals surface area contributed by atoms with Crippen LogP contribution in [0.3, 0.4) is 0 Å². The Hall–Kier alpha value is -4.05. The lowest BCUT2D eigenvalue weighted by molar-refractivity contribution is -0.140. The number of rotatable bonds is 14. The largest absolute Gasteiger partial charge is 0.497 e. The minimum Gasteiger partial charge on any atom is -0.497 e. The monoisotopic (exact) mass is 595 g/mol. The number of aryl methyl sites for hydroxylation is 2. The van der Waals surface area contributed by atoms with E-state index in [0.717, 1.165) is 27.4 Å². The second-order valence-electron chi connectivity index (χ2n) is 10.1. The van der Waals surface area contributed by atoms with Crippen molar-refractivity contribution in [3.63, 3.8) is 0 Å². The third-order valence-corrected chi connectivity index (χ3v) is 8.69. The quantitative estimate of drug-likeness (QED) is 0.286. The number of nitrogens with one attached hydrogen (secondary N) is 1. The molecule has 1 atom stereocenters. The summed E-state index contributed by atoms with van der Waals surface area (Å²) in [6.07, 6.45) is 1.09. The fourth-order valence-electron chi connectivity index (χ4n) is 4.64. The molecule has 0 aliphatic rings. The molecule has 3 aromatic rings. The summed E-state index contributed by atoms with van der Waals surface area (Å²) in [6.45, 7) is 7.63. The molecule has 0 saturated heterocycles. The minimum atomic E-state index is -4.25. The lowest BCUT2D eigenvalue weighted by atomic mass is 10.1. The van der Waals surface area contributed by atoms with Gasteiger partial charge in [0.1, 0.15) is 24.1 Å². The van der Waals surface area contributed by atoms with Crippen molar-refractivity contribution >= 4 is 27.5 Å². The van der Waals surface area contributed by atoms with Gasteiger partial charge in [0, 0.05) is 19.2 Å². The first-order chi connectivity index (χ1) is 20.0. The molecule has 0 bridgehead atoms. The van der Waals surface area contributed by atoms with Gasteiger partial charge < -0.3 is 19.7 Å². The van der Waals surface area contributed by atoms with Crippen LogP contribution < -0.4 is 19.1 Å².